The molecule has 0 spiro atoms. The van der Waals surface area contributed by atoms with E-state index in [9.17, 15) is 5.11 Å². The van der Waals surface area contributed by atoms with Crippen molar-refractivity contribution in [1.29, 1.82) is 0 Å². The van der Waals surface area contributed by atoms with E-state index in [4.69, 9.17) is 9.26 Å². The van der Waals surface area contributed by atoms with Crippen molar-refractivity contribution in [2.24, 2.45) is 5.92 Å². The van der Waals surface area contributed by atoms with Gasteiger partial charge in [-0.2, -0.15) is 4.98 Å². The van der Waals surface area contributed by atoms with Gasteiger partial charge >= 0.3 is 0 Å². The third-order valence-electron chi connectivity index (χ3n) is 3.07. The second-order valence-corrected chi connectivity index (χ2v) is 4.96. The summed E-state index contributed by atoms with van der Waals surface area (Å²) in [4.78, 5) is 4.39. The van der Waals surface area contributed by atoms with E-state index in [1.54, 1.807) is 0 Å². The lowest BCUT2D eigenvalue weighted by molar-refractivity contribution is 0.0217. The molecule has 0 aromatic carbocycles. The normalized spacial score (nSPS) is 25.8. The van der Waals surface area contributed by atoms with E-state index < -0.39 is 0 Å². The molecule has 1 aromatic rings. The highest BCUT2D eigenvalue weighted by Crippen LogP contribution is 2.27. The summed E-state index contributed by atoms with van der Waals surface area (Å²) in [5, 5.41) is 16.6. The standard InChI is InChI=1S/C12H21N3O3/c1-4-17-10(7(2)3)11-14-12(18-15-11)9-5-8(16)6-13-9/h7-10,13,16H,4-6H2,1-3H3. The minimum atomic E-state index is -0.335. The minimum Gasteiger partial charge on any atom is -0.392 e. The van der Waals surface area contributed by atoms with Crippen LogP contribution in [0.4, 0.5) is 0 Å². The first-order valence-corrected chi connectivity index (χ1v) is 6.48. The molecule has 0 radical (unpaired) electrons. The fraction of sp³-hybridized carbons (Fsp3) is 0.833. The molecule has 0 bridgehead atoms. The van der Waals surface area contributed by atoms with Gasteiger partial charge in [0.25, 0.3) is 0 Å². The van der Waals surface area contributed by atoms with Crippen molar-refractivity contribution in [2.75, 3.05) is 13.2 Å². The lowest BCUT2D eigenvalue weighted by Crippen LogP contribution is -2.16. The summed E-state index contributed by atoms with van der Waals surface area (Å²) in [6, 6.07) is -0.0457. The van der Waals surface area contributed by atoms with Crippen LogP contribution >= 0.6 is 0 Å². The summed E-state index contributed by atoms with van der Waals surface area (Å²) in [5.74, 6) is 1.41. The molecule has 6 heteroatoms. The van der Waals surface area contributed by atoms with Gasteiger partial charge < -0.3 is 19.7 Å². The van der Waals surface area contributed by atoms with Gasteiger partial charge in [-0.15, -0.1) is 0 Å². The van der Waals surface area contributed by atoms with Crippen molar-refractivity contribution in [3.05, 3.63) is 11.7 Å². The number of rotatable bonds is 5. The number of hydrogen-bond donors (Lipinski definition) is 2. The maximum atomic E-state index is 9.47. The molecule has 1 fully saturated rings. The molecule has 1 saturated heterocycles. The Labute approximate surface area is 107 Å². The predicted molar refractivity (Wildman–Crippen MR) is 64.9 cm³/mol. The monoisotopic (exact) mass is 255 g/mol. The maximum absolute atomic E-state index is 9.47. The zero-order valence-corrected chi connectivity index (χ0v) is 11.1. The van der Waals surface area contributed by atoms with Crippen LogP contribution in [-0.4, -0.2) is 34.5 Å². The molecule has 0 saturated carbocycles. The summed E-state index contributed by atoms with van der Waals surface area (Å²) >= 11 is 0. The van der Waals surface area contributed by atoms with Crippen molar-refractivity contribution in [3.63, 3.8) is 0 Å². The van der Waals surface area contributed by atoms with Gasteiger partial charge in [-0.05, 0) is 19.3 Å². The Morgan fingerprint density at radius 2 is 2.33 bits per heavy atom. The molecular formula is C12H21N3O3. The number of ether oxygens (including phenoxy) is 1. The lowest BCUT2D eigenvalue weighted by Gasteiger charge is -2.16. The van der Waals surface area contributed by atoms with Gasteiger partial charge in [0.15, 0.2) is 0 Å². The summed E-state index contributed by atoms with van der Waals surface area (Å²) in [6.45, 7) is 7.27. The van der Waals surface area contributed by atoms with Crippen molar-refractivity contribution < 1.29 is 14.4 Å². The molecule has 6 nitrogen and oxygen atoms in total. The van der Waals surface area contributed by atoms with Crippen LogP contribution in [-0.2, 0) is 4.74 Å². The number of aromatic nitrogens is 2. The molecule has 2 N–H and O–H groups in total. The van der Waals surface area contributed by atoms with Gasteiger partial charge in [0.1, 0.15) is 6.10 Å². The van der Waals surface area contributed by atoms with E-state index in [-0.39, 0.29) is 24.2 Å². The first-order chi connectivity index (χ1) is 8.61. The molecule has 2 rings (SSSR count). The average molecular weight is 255 g/mol. The molecule has 0 aliphatic carbocycles. The number of aliphatic hydroxyl groups is 1. The quantitative estimate of drug-likeness (QED) is 0.823. The van der Waals surface area contributed by atoms with E-state index in [0.717, 1.165) is 0 Å². The van der Waals surface area contributed by atoms with Crippen LogP contribution < -0.4 is 5.32 Å². The number of nitrogens with zero attached hydrogens (tertiary/aromatic N) is 2. The van der Waals surface area contributed by atoms with E-state index in [2.05, 4.69) is 29.3 Å². The predicted octanol–water partition coefficient (Wildman–Crippen LogP) is 1.20. The highest BCUT2D eigenvalue weighted by Gasteiger charge is 2.30. The van der Waals surface area contributed by atoms with Crippen LogP contribution in [0.25, 0.3) is 0 Å². The Balaban J connectivity index is 2.08. The third kappa shape index (κ3) is 2.88. The zero-order valence-electron chi connectivity index (χ0n) is 11.1. The number of nitrogens with one attached hydrogen (secondary N) is 1. The Morgan fingerprint density at radius 1 is 1.56 bits per heavy atom. The summed E-state index contributed by atoms with van der Waals surface area (Å²) in [7, 11) is 0. The number of β-amino-alcohol motifs (C(OH)–C–C–N with tert-alkyl or cyclic N) is 1. The molecule has 3 atom stereocenters. The molecule has 1 aliphatic rings. The molecule has 3 unspecified atom stereocenters. The average Bonchev–Trinajstić information content (AvgIpc) is 2.93. The third-order valence-corrected chi connectivity index (χ3v) is 3.07. The van der Waals surface area contributed by atoms with Crippen molar-refractivity contribution in [2.45, 2.75) is 45.4 Å². The Kier molecular flexibility index (Phi) is 4.31. The van der Waals surface area contributed by atoms with Crippen LogP contribution in [0.3, 0.4) is 0 Å². The fourth-order valence-corrected chi connectivity index (χ4v) is 2.15. The van der Waals surface area contributed by atoms with Crippen molar-refractivity contribution >= 4 is 0 Å². The number of hydrogen-bond acceptors (Lipinski definition) is 6. The van der Waals surface area contributed by atoms with E-state index in [1.807, 2.05) is 6.92 Å². The summed E-state index contributed by atoms with van der Waals surface area (Å²) < 4.78 is 10.9. The molecule has 1 aliphatic heterocycles. The van der Waals surface area contributed by atoms with Crippen LogP contribution in [0.1, 0.15) is 51.1 Å². The number of aliphatic hydroxyl groups excluding tert-OH is 1. The Hall–Kier alpha value is -0.980. The van der Waals surface area contributed by atoms with Crippen LogP contribution in [0.5, 0.6) is 0 Å². The highest BCUT2D eigenvalue weighted by atomic mass is 16.5. The molecule has 2 heterocycles. The second kappa shape index (κ2) is 5.77. The topological polar surface area (TPSA) is 80.4 Å². The lowest BCUT2D eigenvalue weighted by atomic mass is 10.1. The summed E-state index contributed by atoms with van der Waals surface area (Å²) in [5.41, 5.74) is 0. The minimum absolute atomic E-state index is 0.0457. The smallest absolute Gasteiger partial charge is 0.243 e. The molecule has 18 heavy (non-hydrogen) atoms. The zero-order chi connectivity index (χ0) is 13.1. The van der Waals surface area contributed by atoms with Crippen molar-refractivity contribution in [1.82, 2.24) is 15.5 Å². The van der Waals surface area contributed by atoms with Gasteiger partial charge in [0.2, 0.25) is 11.7 Å². The molecular weight excluding hydrogens is 234 g/mol. The van der Waals surface area contributed by atoms with Crippen LogP contribution in [0.15, 0.2) is 4.52 Å². The maximum Gasteiger partial charge on any atom is 0.243 e. The second-order valence-electron chi connectivity index (χ2n) is 4.96. The SMILES string of the molecule is CCOC(c1noc(C2CC(O)CN2)n1)C(C)C. The van der Waals surface area contributed by atoms with Crippen molar-refractivity contribution in [3.8, 4) is 0 Å². The molecule has 0 amide bonds. The molecule has 1 aromatic heterocycles. The Bertz CT molecular complexity index is 380. The first kappa shape index (κ1) is 13.5. The van der Waals surface area contributed by atoms with E-state index in [0.29, 0.717) is 31.3 Å². The van der Waals surface area contributed by atoms with Crippen LogP contribution in [0.2, 0.25) is 0 Å². The Morgan fingerprint density at radius 3 is 2.89 bits per heavy atom. The fourth-order valence-electron chi connectivity index (χ4n) is 2.15. The van der Waals surface area contributed by atoms with Gasteiger partial charge in [0, 0.05) is 13.2 Å². The van der Waals surface area contributed by atoms with Gasteiger partial charge in [-0.25, -0.2) is 0 Å². The van der Waals surface area contributed by atoms with E-state index in [1.165, 1.54) is 0 Å². The van der Waals surface area contributed by atoms with Gasteiger partial charge in [0.05, 0.1) is 12.1 Å². The summed E-state index contributed by atoms with van der Waals surface area (Å²) in [6.07, 6.45) is 0.139. The van der Waals surface area contributed by atoms with Gasteiger partial charge in [-0.1, -0.05) is 19.0 Å². The molecule has 102 valence electrons. The first-order valence-electron chi connectivity index (χ1n) is 6.48. The highest BCUT2D eigenvalue weighted by molar-refractivity contribution is 5.00. The van der Waals surface area contributed by atoms with Gasteiger partial charge in [-0.3, -0.25) is 0 Å². The largest absolute Gasteiger partial charge is 0.392 e. The van der Waals surface area contributed by atoms with E-state index >= 15 is 0 Å². The van der Waals surface area contributed by atoms with Crippen LogP contribution in [0, 0.1) is 5.92 Å².